The first-order valence-electron chi connectivity index (χ1n) is 7.61. The van der Waals surface area contributed by atoms with E-state index in [1.807, 2.05) is 16.5 Å². The SMILES string of the molecule is O=C(c1n[nH]c2c1CCC2)N1CCCCC1c1nccs1. The van der Waals surface area contributed by atoms with Crippen molar-refractivity contribution in [2.24, 2.45) is 0 Å². The number of rotatable bonds is 2. The Morgan fingerprint density at radius 1 is 1.33 bits per heavy atom. The number of likely N-dealkylation sites (tertiary alicyclic amines) is 1. The summed E-state index contributed by atoms with van der Waals surface area (Å²) in [5, 5.41) is 10.4. The number of piperidine rings is 1. The Bertz CT molecular complexity index is 649. The average Bonchev–Trinajstić information content (AvgIpc) is 3.23. The van der Waals surface area contributed by atoms with E-state index in [0.717, 1.165) is 61.3 Å². The zero-order valence-corrected chi connectivity index (χ0v) is 12.7. The number of aromatic amines is 1. The van der Waals surface area contributed by atoms with E-state index >= 15 is 0 Å². The van der Waals surface area contributed by atoms with Crippen LogP contribution in [0.15, 0.2) is 11.6 Å². The maximum Gasteiger partial charge on any atom is 0.275 e. The topological polar surface area (TPSA) is 61.9 Å². The molecule has 6 heteroatoms. The highest BCUT2D eigenvalue weighted by atomic mass is 32.1. The number of aromatic nitrogens is 3. The van der Waals surface area contributed by atoms with Crippen LogP contribution in [0.3, 0.4) is 0 Å². The monoisotopic (exact) mass is 302 g/mol. The Kier molecular flexibility index (Phi) is 3.25. The van der Waals surface area contributed by atoms with Gasteiger partial charge in [-0.15, -0.1) is 11.3 Å². The molecule has 1 N–H and O–H groups in total. The number of H-pyrrole nitrogens is 1. The molecule has 4 rings (SSSR count). The van der Waals surface area contributed by atoms with Crippen molar-refractivity contribution in [3.63, 3.8) is 0 Å². The lowest BCUT2D eigenvalue weighted by Gasteiger charge is -2.34. The van der Waals surface area contributed by atoms with Crippen LogP contribution in [0.1, 0.15) is 58.5 Å². The molecule has 21 heavy (non-hydrogen) atoms. The normalized spacial score (nSPS) is 21.5. The van der Waals surface area contributed by atoms with E-state index in [1.54, 1.807) is 11.3 Å². The number of nitrogens with one attached hydrogen (secondary N) is 1. The van der Waals surface area contributed by atoms with Gasteiger partial charge in [-0.2, -0.15) is 5.10 Å². The highest BCUT2D eigenvalue weighted by Gasteiger charge is 2.33. The van der Waals surface area contributed by atoms with Gasteiger partial charge in [0.05, 0.1) is 6.04 Å². The minimum absolute atomic E-state index is 0.0781. The van der Waals surface area contributed by atoms with Crippen LogP contribution in [0, 0.1) is 0 Å². The fourth-order valence-corrected chi connectivity index (χ4v) is 4.25. The predicted molar refractivity (Wildman–Crippen MR) is 80.4 cm³/mol. The summed E-state index contributed by atoms with van der Waals surface area (Å²) >= 11 is 1.64. The zero-order valence-electron chi connectivity index (χ0n) is 11.8. The van der Waals surface area contributed by atoms with Crippen molar-refractivity contribution in [1.29, 1.82) is 0 Å². The fourth-order valence-electron chi connectivity index (χ4n) is 3.46. The summed E-state index contributed by atoms with van der Waals surface area (Å²) in [5.41, 5.74) is 2.94. The maximum atomic E-state index is 12.9. The smallest absolute Gasteiger partial charge is 0.275 e. The first kappa shape index (κ1) is 13.0. The van der Waals surface area contributed by atoms with Crippen LogP contribution in [-0.4, -0.2) is 32.5 Å². The van der Waals surface area contributed by atoms with E-state index in [-0.39, 0.29) is 11.9 Å². The van der Waals surface area contributed by atoms with Crippen LogP contribution in [0.5, 0.6) is 0 Å². The van der Waals surface area contributed by atoms with Gasteiger partial charge in [-0.25, -0.2) is 4.98 Å². The molecule has 2 aliphatic rings. The molecule has 1 saturated heterocycles. The summed E-state index contributed by atoms with van der Waals surface area (Å²) in [4.78, 5) is 19.4. The zero-order chi connectivity index (χ0) is 14.2. The van der Waals surface area contributed by atoms with Crippen molar-refractivity contribution in [3.05, 3.63) is 33.5 Å². The predicted octanol–water partition coefficient (Wildman–Crippen LogP) is 2.72. The molecule has 0 spiro atoms. The third-order valence-corrected chi connectivity index (χ3v) is 5.39. The van der Waals surface area contributed by atoms with Crippen molar-refractivity contribution in [2.45, 2.75) is 44.6 Å². The quantitative estimate of drug-likeness (QED) is 0.928. The minimum atomic E-state index is 0.0781. The first-order chi connectivity index (χ1) is 10.3. The van der Waals surface area contributed by atoms with Gasteiger partial charge in [0.25, 0.3) is 5.91 Å². The summed E-state index contributed by atoms with van der Waals surface area (Å²) in [7, 11) is 0. The standard InChI is InChI=1S/C15H18N4OS/c20-15(13-10-4-3-5-11(10)17-18-13)19-8-2-1-6-12(19)14-16-7-9-21-14/h7,9,12H,1-6,8H2,(H,17,18). The van der Waals surface area contributed by atoms with Crippen LogP contribution in [0.25, 0.3) is 0 Å². The van der Waals surface area contributed by atoms with E-state index in [9.17, 15) is 4.79 Å². The van der Waals surface area contributed by atoms with E-state index < -0.39 is 0 Å². The molecule has 1 aliphatic heterocycles. The molecule has 1 atom stereocenters. The summed E-state index contributed by atoms with van der Waals surface area (Å²) in [6.45, 7) is 0.810. The Morgan fingerprint density at radius 3 is 3.14 bits per heavy atom. The van der Waals surface area contributed by atoms with Gasteiger partial charge in [-0.05, 0) is 38.5 Å². The number of nitrogens with zero attached hydrogens (tertiary/aromatic N) is 3. The van der Waals surface area contributed by atoms with Crippen molar-refractivity contribution in [1.82, 2.24) is 20.1 Å². The number of hydrogen-bond donors (Lipinski definition) is 1. The molecule has 3 heterocycles. The van der Waals surface area contributed by atoms with Crippen LogP contribution >= 0.6 is 11.3 Å². The van der Waals surface area contributed by atoms with Gasteiger partial charge in [0.2, 0.25) is 0 Å². The lowest BCUT2D eigenvalue weighted by atomic mass is 10.0. The number of hydrogen-bond acceptors (Lipinski definition) is 4. The Morgan fingerprint density at radius 2 is 2.29 bits per heavy atom. The van der Waals surface area contributed by atoms with Gasteiger partial charge >= 0.3 is 0 Å². The third kappa shape index (κ3) is 2.18. The van der Waals surface area contributed by atoms with Crippen molar-refractivity contribution < 1.29 is 4.79 Å². The van der Waals surface area contributed by atoms with Gasteiger partial charge < -0.3 is 4.90 Å². The second kappa shape index (κ2) is 5.26. The summed E-state index contributed by atoms with van der Waals surface area (Å²) in [6, 6.07) is 0.125. The maximum absolute atomic E-state index is 12.9. The van der Waals surface area contributed by atoms with E-state index in [0.29, 0.717) is 5.69 Å². The summed E-state index contributed by atoms with van der Waals surface area (Å²) in [6.07, 6.45) is 8.18. The molecular weight excluding hydrogens is 284 g/mol. The highest BCUT2D eigenvalue weighted by Crippen LogP contribution is 2.34. The van der Waals surface area contributed by atoms with Crippen molar-refractivity contribution in [3.8, 4) is 0 Å². The Hall–Kier alpha value is -1.69. The molecule has 110 valence electrons. The molecule has 1 unspecified atom stereocenters. The number of aryl methyl sites for hydroxylation is 1. The lowest BCUT2D eigenvalue weighted by molar-refractivity contribution is 0.0604. The third-order valence-electron chi connectivity index (χ3n) is 4.51. The number of amides is 1. The van der Waals surface area contributed by atoms with E-state index in [2.05, 4.69) is 15.2 Å². The molecular formula is C15H18N4OS. The molecule has 0 radical (unpaired) electrons. The molecule has 1 amide bonds. The van der Waals surface area contributed by atoms with Gasteiger partial charge in [0.15, 0.2) is 5.69 Å². The number of carbonyl (C=O) groups excluding carboxylic acids is 1. The fraction of sp³-hybridized carbons (Fsp3) is 0.533. The van der Waals surface area contributed by atoms with E-state index in [1.165, 1.54) is 0 Å². The Balaban J connectivity index is 1.65. The Labute approximate surface area is 127 Å². The van der Waals surface area contributed by atoms with Crippen molar-refractivity contribution >= 4 is 17.2 Å². The summed E-state index contributed by atoms with van der Waals surface area (Å²) < 4.78 is 0. The highest BCUT2D eigenvalue weighted by molar-refractivity contribution is 7.09. The van der Waals surface area contributed by atoms with Crippen LogP contribution in [0.4, 0.5) is 0 Å². The van der Waals surface area contributed by atoms with Crippen LogP contribution < -0.4 is 0 Å². The molecule has 5 nitrogen and oxygen atoms in total. The minimum Gasteiger partial charge on any atom is -0.328 e. The second-order valence-electron chi connectivity index (χ2n) is 5.76. The summed E-state index contributed by atoms with van der Waals surface area (Å²) in [5.74, 6) is 0.0781. The van der Waals surface area contributed by atoms with Gasteiger partial charge in [-0.3, -0.25) is 9.89 Å². The molecule has 2 aromatic heterocycles. The van der Waals surface area contributed by atoms with Gasteiger partial charge in [-0.1, -0.05) is 0 Å². The van der Waals surface area contributed by atoms with Gasteiger partial charge in [0.1, 0.15) is 5.01 Å². The molecule has 1 fully saturated rings. The number of fused-ring (bicyclic) bond motifs is 1. The lowest BCUT2D eigenvalue weighted by Crippen LogP contribution is -2.39. The molecule has 2 aromatic rings. The van der Waals surface area contributed by atoms with E-state index in [4.69, 9.17) is 0 Å². The molecule has 0 bridgehead atoms. The van der Waals surface area contributed by atoms with Crippen molar-refractivity contribution in [2.75, 3.05) is 6.54 Å². The van der Waals surface area contributed by atoms with Gasteiger partial charge in [0, 0.05) is 29.4 Å². The first-order valence-corrected chi connectivity index (χ1v) is 8.49. The van der Waals surface area contributed by atoms with Crippen LogP contribution in [0.2, 0.25) is 0 Å². The largest absolute Gasteiger partial charge is 0.328 e. The molecule has 0 saturated carbocycles. The second-order valence-corrected chi connectivity index (χ2v) is 6.69. The molecule has 0 aromatic carbocycles. The molecule has 1 aliphatic carbocycles. The number of carbonyl (C=O) groups is 1. The van der Waals surface area contributed by atoms with Crippen LogP contribution in [-0.2, 0) is 12.8 Å². The average molecular weight is 302 g/mol. The number of thiazole rings is 1.